The van der Waals surface area contributed by atoms with E-state index in [1.807, 2.05) is 0 Å². The van der Waals surface area contributed by atoms with Gasteiger partial charge in [0, 0.05) is 11.6 Å². The third-order valence-electron chi connectivity index (χ3n) is 3.63. The van der Waals surface area contributed by atoms with E-state index in [-0.39, 0.29) is 29.2 Å². The zero-order valence-electron chi connectivity index (χ0n) is 13.0. The van der Waals surface area contributed by atoms with Crippen molar-refractivity contribution >= 4 is 27.7 Å². The first-order valence-corrected chi connectivity index (χ1v) is 9.01. The van der Waals surface area contributed by atoms with Crippen LogP contribution in [0.4, 0.5) is 0 Å². The zero-order chi connectivity index (χ0) is 17.3. The lowest BCUT2D eigenvalue weighted by Gasteiger charge is -2.12. The number of carbonyl (C=O) groups is 2. The van der Waals surface area contributed by atoms with Crippen LogP contribution in [0.1, 0.15) is 25.3 Å². The molecule has 2 N–H and O–H groups in total. The maximum atomic E-state index is 11.9. The summed E-state index contributed by atoms with van der Waals surface area (Å²) in [5.41, 5.74) is 0.407. The summed E-state index contributed by atoms with van der Waals surface area (Å²) < 4.78 is 31.1. The number of amides is 1. The van der Waals surface area contributed by atoms with Crippen LogP contribution in [0.15, 0.2) is 34.2 Å². The number of rotatable bonds is 5. The van der Waals surface area contributed by atoms with Crippen LogP contribution in [0.3, 0.4) is 0 Å². The van der Waals surface area contributed by atoms with E-state index in [0.717, 1.165) is 12.8 Å². The number of carbonyl (C=O) groups excluding carboxylic acids is 2. The van der Waals surface area contributed by atoms with Crippen LogP contribution in [0.2, 0.25) is 0 Å². The van der Waals surface area contributed by atoms with Crippen LogP contribution in [-0.4, -0.2) is 44.8 Å². The van der Waals surface area contributed by atoms with Gasteiger partial charge in [0.05, 0.1) is 4.90 Å². The van der Waals surface area contributed by atoms with Crippen LogP contribution < -0.4 is 10.0 Å². The lowest BCUT2D eigenvalue weighted by molar-refractivity contribution is -0.153. The maximum Gasteiger partial charge on any atom is 0.328 e. The number of amidine groups is 1. The second-order valence-corrected chi connectivity index (χ2v) is 7.33. The molecule has 1 heterocycles. The molecule has 0 aromatic heterocycles. The third-order valence-corrected chi connectivity index (χ3v) is 5.03. The average Bonchev–Trinajstić information content (AvgIpc) is 3.30. The van der Waals surface area contributed by atoms with Crippen molar-refractivity contribution in [2.45, 2.75) is 36.8 Å². The fourth-order valence-corrected chi connectivity index (χ4v) is 3.48. The van der Waals surface area contributed by atoms with Crippen molar-refractivity contribution in [2.24, 2.45) is 4.99 Å². The van der Waals surface area contributed by atoms with Crippen LogP contribution in [-0.2, 0) is 24.3 Å². The molecule has 0 spiro atoms. The molecule has 0 unspecified atom stereocenters. The molecule has 1 aliphatic heterocycles. The minimum atomic E-state index is -3.64. The fraction of sp³-hybridized carbons (Fsp3) is 0.400. The molecule has 3 rings (SSSR count). The highest BCUT2D eigenvalue weighted by Crippen LogP contribution is 2.22. The molecule has 0 bridgehead atoms. The number of fused-ring (bicyclic) bond motifs is 1. The molecule has 1 fully saturated rings. The normalized spacial score (nSPS) is 20.8. The molecule has 1 amide bonds. The predicted octanol–water partition coefficient (Wildman–Crippen LogP) is -0.0646. The SMILES string of the molecule is C[C@@H](OC(=O)CN=C1NS(=O)(=O)c2ccccc21)C(=O)NC1CC1. The first-order valence-electron chi connectivity index (χ1n) is 7.53. The topological polar surface area (TPSA) is 114 Å². The number of nitrogens with zero attached hydrogens (tertiary/aromatic N) is 1. The second kappa shape index (κ2) is 6.23. The summed E-state index contributed by atoms with van der Waals surface area (Å²) in [4.78, 5) is 27.6. The Labute approximate surface area is 139 Å². The Morgan fingerprint density at radius 1 is 1.38 bits per heavy atom. The van der Waals surface area contributed by atoms with E-state index in [4.69, 9.17) is 4.74 Å². The summed E-state index contributed by atoms with van der Waals surface area (Å²) in [6, 6.07) is 6.53. The van der Waals surface area contributed by atoms with E-state index in [1.54, 1.807) is 18.2 Å². The van der Waals surface area contributed by atoms with E-state index < -0.39 is 22.1 Å². The summed E-state index contributed by atoms with van der Waals surface area (Å²) in [5, 5.41) is 2.74. The first-order chi connectivity index (χ1) is 11.4. The van der Waals surface area contributed by atoms with E-state index in [2.05, 4.69) is 15.0 Å². The van der Waals surface area contributed by atoms with Gasteiger partial charge in [0.25, 0.3) is 15.9 Å². The molecular weight excluding hydrogens is 334 g/mol. The summed E-state index contributed by atoms with van der Waals surface area (Å²) in [6.07, 6.45) is 0.977. The first kappa shape index (κ1) is 16.4. The molecule has 9 heteroatoms. The van der Waals surface area contributed by atoms with Crippen molar-refractivity contribution in [1.29, 1.82) is 0 Å². The molecule has 1 saturated carbocycles. The Bertz CT molecular complexity index is 814. The highest BCUT2D eigenvalue weighted by Gasteiger charge is 2.30. The van der Waals surface area contributed by atoms with Gasteiger partial charge >= 0.3 is 5.97 Å². The van der Waals surface area contributed by atoms with Gasteiger partial charge in [-0.3, -0.25) is 19.3 Å². The van der Waals surface area contributed by atoms with Gasteiger partial charge in [-0.25, -0.2) is 8.42 Å². The molecule has 128 valence electrons. The lowest BCUT2D eigenvalue weighted by atomic mass is 10.2. The van der Waals surface area contributed by atoms with Crippen molar-refractivity contribution in [3.8, 4) is 0 Å². The standard InChI is InChI=1S/C15H17N3O5S/c1-9(15(20)17-10-6-7-10)23-13(19)8-16-14-11-4-2-3-5-12(11)24(21,22)18-14/h2-5,9-10H,6-8H2,1H3,(H,16,18)(H,17,20)/t9-/m1/s1. The minimum Gasteiger partial charge on any atom is -0.451 e. The van der Waals surface area contributed by atoms with E-state index in [1.165, 1.54) is 13.0 Å². The van der Waals surface area contributed by atoms with Gasteiger partial charge in [-0.1, -0.05) is 12.1 Å². The summed E-state index contributed by atoms with van der Waals surface area (Å²) in [5.74, 6) is -0.951. The van der Waals surface area contributed by atoms with E-state index in [9.17, 15) is 18.0 Å². The zero-order valence-corrected chi connectivity index (χ0v) is 13.8. The molecule has 8 nitrogen and oxygen atoms in total. The van der Waals surface area contributed by atoms with Gasteiger partial charge in [0.2, 0.25) is 0 Å². The fourth-order valence-electron chi connectivity index (χ4n) is 2.23. The number of nitrogens with one attached hydrogen (secondary N) is 2. The number of benzene rings is 1. The number of aliphatic imine (C=N–C) groups is 1. The maximum absolute atomic E-state index is 11.9. The highest BCUT2D eigenvalue weighted by molar-refractivity contribution is 7.90. The predicted molar refractivity (Wildman–Crippen MR) is 84.9 cm³/mol. The quantitative estimate of drug-likeness (QED) is 0.721. The number of sulfonamides is 1. The molecule has 24 heavy (non-hydrogen) atoms. The van der Waals surface area contributed by atoms with Crippen molar-refractivity contribution in [3.63, 3.8) is 0 Å². The van der Waals surface area contributed by atoms with E-state index in [0.29, 0.717) is 5.56 Å². The van der Waals surface area contributed by atoms with Gasteiger partial charge in [0.1, 0.15) is 12.4 Å². The lowest BCUT2D eigenvalue weighted by Crippen LogP contribution is -2.37. The number of ether oxygens (including phenoxy) is 1. The summed E-state index contributed by atoms with van der Waals surface area (Å²) in [7, 11) is -3.64. The highest BCUT2D eigenvalue weighted by atomic mass is 32.2. The monoisotopic (exact) mass is 351 g/mol. The van der Waals surface area contributed by atoms with Gasteiger partial charge < -0.3 is 10.1 Å². The largest absolute Gasteiger partial charge is 0.451 e. The van der Waals surface area contributed by atoms with Crippen molar-refractivity contribution in [2.75, 3.05) is 6.54 Å². The van der Waals surface area contributed by atoms with Crippen LogP contribution in [0.5, 0.6) is 0 Å². The molecule has 1 aromatic carbocycles. The van der Waals surface area contributed by atoms with E-state index >= 15 is 0 Å². The Hall–Kier alpha value is -2.42. The molecular formula is C15H17N3O5S. The van der Waals surface area contributed by atoms with Gasteiger partial charge in [-0.2, -0.15) is 0 Å². The number of hydrogen-bond donors (Lipinski definition) is 2. The third kappa shape index (κ3) is 3.56. The smallest absolute Gasteiger partial charge is 0.328 e. The molecule has 1 atom stereocenters. The summed E-state index contributed by atoms with van der Waals surface area (Å²) >= 11 is 0. The van der Waals surface area contributed by atoms with Gasteiger partial charge in [0.15, 0.2) is 6.10 Å². The van der Waals surface area contributed by atoms with Crippen molar-refractivity contribution in [3.05, 3.63) is 29.8 Å². The Morgan fingerprint density at radius 3 is 2.79 bits per heavy atom. The van der Waals surface area contributed by atoms with Crippen LogP contribution in [0.25, 0.3) is 0 Å². The Kier molecular flexibility index (Phi) is 4.27. The number of hydrogen-bond acceptors (Lipinski definition) is 6. The average molecular weight is 351 g/mol. The Morgan fingerprint density at radius 2 is 2.08 bits per heavy atom. The van der Waals surface area contributed by atoms with Crippen LogP contribution in [0, 0.1) is 0 Å². The van der Waals surface area contributed by atoms with Gasteiger partial charge in [-0.15, -0.1) is 0 Å². The van der Waals surface area contributed by atoms with Gasteiger partial charge in [-0.05, 0) is 31.9 Å². The molecule has 0 saturated heterocycles. The molecule has 2 aliphatic rings. The van der Waals surface area contributed by atoms with Crippen molar-refractivity contribution in [1.82, 2.24) is 10.0 Å². The second-order valence-electron chi connectivity index (χ2n) is 5.68. The van der Waals surface area contributed by atoms with Crippen LogP contribution >= 0.6 is 0 Å². The van der Waals surface area contributed by atoms with Crippen molar-refractivity contribution < 1.29 is 22.7 Å². The molecule has 1 aliphatic carbocycles. The minimum absolute atomic E-state index is 0.0950. The number of esters is 1. The molecule has 0 radical (unpaired) electrons. The molecule has 1 aromatic rings. The Balaban J connectivity index is 1.61. The summed E-state index contributed by atoms with van der Waals surface area (Å²) in [6.45, 7) is 1.10.